The van der Waals surface area contributed by atoms with Crippen molar-refractivity contribution in [2.75, 3.05) is 26.7 Å². The van der Waals surface area contributed by atoms with Gasteiger partial charge in [-0.2, -0.15) is 4.31 Å². The summed E-state index contributed by atoms with van der Waals surface area (Å²) >= 11 is 0. The second-order valence-electron chi connectivity index (χ2n) is 8.59. The summed E-state index contributed by atoms with van der Waals surface area (Å²) in [5.41, 5.74) is 0.434. The van der Waals surface area contributed by atoms with Crippen LogP contribution in [-0.4, -0.2) is 62.3 Å². The van der Waals surface area contributed by atoms with Gasteiger partial charge in [0.15, 0.2) is 0 Å². The van der Waals surface area contributed by atoms with Crippen molar-refractivity contribution >= 4 is 21.9 Å². The van der Waals surface area contributed by atoms with Gasteiger partial charge in [0, 0.05) is 31.7 Å². The molecule has 2 aliphatic carbocycles. The first kappa shape index (κ1) is 23.7. The predicted molar refractivity (Wildman–Crippen MR) is 118 cm³/mol. The van der Waals surface area contributed by atoms with Crippen molar-refractivity contribution in [3.8, 4) is 0 Å². The fourth-order valence-electron chi connectivity index (χ4n) is 4.11. The van der Waals surface area contributed by atoms with Gasteiger partial charge in [-0.05, 0) is 62.8 Å². The number of carbonyl (C=O) groups is 2. The third kappa shape index (κ3) is 6.29. The van der Waals surface area contributed by atoms with Gasteiger partial charge >= 0.3 is 5.97 Å². The number of nitrogens with zero attached hydrogens (tertiary/aromatic N) is 2. The number of hydrogen-bond donors (Lipinski definition) is 0. The van der Waals surface area contributed by atoms with Gasteiger partial charge < -0.3 is 9.64 Å². The molecule has 3 rings (SSSR count). The van der Waals surface area contributed by atoms with Crippen molar-refractivity contribution in [1.29, 1.82) is 0 Å². The summed E-state index contributed by atoms with van der Waals surface area (Å²) in [6.07, 6.45) is 7.40. The highest BCUT2D eigenvalue weighted by molar-refractivity contribution is 7.89. The van der Waals surface area contributed by atoms with E-state index in [1.807, 2.05) is 0 Å². The lowest BCUT2D eigenvalue weighted by atomic mass is 9.96. The zero-order chi connectivity index (χ0) is 22.4. The minimum absolute atomic E-state index is 0.0389. The van der Waals surface area contributed by atoms with Gasteiger partial charge in [-0.3, -0.25) is 9.59 Å². The Morgan fingerprint density at radius 3 is 2.26 bits per heavy atom. The molecular weight excluding hydrogens is 416 g/mol. The van der Waals surface area contributed by atoms with Gasteiger partial charge in [0.25, 0.3) is 5.91 Å². The molecule has 0 radical (unpaired) electrons. The first-order valence-corrected chi connectivity index (χ1v) is 12.8. The fourth-order valence-corrected chi connectivity index (χ4v) is 5.52. The van der Waals surface area contributed by atoms with Crippen LogP contribution in [0.1, 0.15) is 68.6 Å². The van der Waals surface area contributed by atoms with Crippen LogP contribution in [0.4, 0.5) is 0 Å². The van der Waals surface area contributed by atoms with E-state index in [2.05, 4.69) is 0 Å². The van der Waals surface area contributed by atoms with Gasteiger partial charge in [-0.1, -0.05) is 19.3 Å². The molecule has 1 aromatic carbocycles. The summed E-state index contributed by atoms with van der Waals surface area (Å²) in [5, 5.41) is 0. The Hall–Kier alpha value is -1.93. The number of amides is 1. The van der Waals surface area contributed by atoms with Crippen molar-refractivity contribution in [3.05, 3.63) is 29.8 Å². The molecule has 31 heavy (non-hydrogen) atoms. The second kappa shape index (κ2) is 10.6. The average molecular weight is 451 g/mol. The van der Waals surface area contributed by atoms with E-state index in [0.29, 0.717) is 31.2 Å². The van der Waals surface area contributed by atoms with Gasteiger partial charge in [-0.25, -0.2) is 8.42 Å². The van der Waals surface area contributed by atoms with E-state index in [1.165, 1.54) is 16.4 Å². The molecular formula is C23H34N2O5S. The monoisotopic (exact) mass is 450 g/mol. The molecule has 8 heteroatoms. The number of rotatable bonds is 10. The maximum absolute atomic E-state index is 13.0. The Kier molecular flexibility index (Phi) is 8.11. The van der Waals surface area contributed by atoms with Crippen molar-refractivity contribution in [2.24, 2.45) is 5.92 Å². The molecule has 0 spiro atoms. The number of ether oxygens (including phenoxy) is 1. The number of esters is 1. The summed E-state index contributed by atoms with van der Waals surface area (Å²) in [4.78, 5) is 26.7. The number of sulfonamides is 1. The molecule has 0 bridgehead atoms. The maximum atomic E-state index is 13.0. The van der Waals surface area contributed by atoms with Crippen LogP contribution in [0.2, 0.25) is 0 Å². The quantitative estimate of drug-likeness (QED) is 0.510. The summed E-state index contributed by atoms with van der Waals surface area (Å²) in [5.74, 6) is -0.0148. The van der Waals surface area contributed by atoms with Crippen LogP contribution in [0, 0.1) is 5.92 Å². The van der Waals surface area contributed by atoms with Crippen LogP contribution in [-0.2, 0) is 19.6 Å². The maximum Gasteiger partial charge on any atom is 0.307 e. The van der Waals surface area contributed by atoms with Crippen LogP contribution >= 0.6 is 0 Å². The van der Waals surface area contributed by atoms with Crippen molar-refractivity contribution in [1.82, 2.24) is 9.21 Å². The van der Waals surface area contributed by atoms with Gasteiger partial charge in [0.05, 0.1) is 17.9 Å². The van der Waals surface area contributed by atoms with E-state index < -0.39 is 10.0 Å². The summed E-state index contributed by atoms with van der Waals surface area (Å²) in [6, 6.07) is 6.23. The highest BCUT2D eigenvalue weighted by Crippen LogP contribution is 2.30. The molecule has 0 aliphatic heterocycles. The molecule has 0 atom stereocenters. The van der Waals surface area contributed by atoms with Crippen LogP contribution in [0.15, 0.2) is 29.2 Å². The second-order valence-corrected chi connectivity index (χ2v) is 10.6. The Labute approximate surface area is 185 Å². The first-order chi connectivity index (χ1) is 14.8. The molecule has 172 valence electrons. The van der Waals surface area contributed by atoms with Crippen molar-refractivity contribution in [3.63, 3.8) is 0 Å². The van der Waals surface area contributed by atoms with Gasteiger partial charge in [0.2, 0.25) is 10.0 Å². The van der Waals surface area contributed by atoms with Crippen molar-refractivity contribution in [2.45, 2.75) is 69.2 Å². The minimum Gasteiger partial charge on any atom is -0.466 e. The van der Waals surface area contributed by atoms with E-state index >= 15 is 0 Å². The fraction of sp³-hybridized carbons (Fsp3) is 0.652. The highest BCUT2D eigenvalue weighted by Gasteiger charge is 2.30. The number of hydrogen-bond acceptors (Lipinski definition) is 5. The molecule has 0 unspecified atom stereocenters. The molecule has 1 amide bonds. The van der Waals surface area contributed by atoms with E-state index in [-0.39, 0.29) is 29.2 Å². The molecule has 7 nitrogen and oxygen atoms in total. The molecule has 1 aromatic rings. The molecule has 2 saturated carbocycles. The van der Waals surface area contributed by atoms with Crippen molar-refractivity contribution < 1.29 is 22.7 Å². The lowest BCUT2D eigenvalue weighted by molar-refractivity contribution is -0.143. The van der Waals surface area contributed by atoms with Crippen LogP contribution in [0.3, 0.4) is 0 Å². The van der Waals surface area contributed by atoms with Gasteiger partial charge in [0.1, 0.15) is 0 Å². The first-order valence-electron chi connectivity index (χ1n) is 11.4. The molecule has 2 aliphatic rings. The summed E-state index contributed by atoms with van der Waals surface area (Å²) in [7, 11) is -1.94. The summed E-state index contributed by atoms with van der Waals surface area (Å²) in [6.45, 7) is 2.99. The van der Waals surface area contributed by atoms with E-state index in [9.17, 15) is 18.0 Å². The van der Waals surface area contributed by atoms with Crippen LogP contribution in [0.5, 0.6) is 0 Å². The minimum atomic E-state index is -3.59. The third-order valence-corrected chi connectivity index (χ3v) is 8.15. The zero-order valence-electron chi connectivity index (χ0n) is 18.6. The van der Waals surface area contributed by atoms with E-state index in [4.69, 9.17) is 4.74 Å². The normalized spacial score (nSPS) is 17.5. The molecule has 0 heterocycles. The average Bonchev–Trinajstić information content (AvgIpc) is 3.60. The Bertz CT molecular complexity index is 858. The van der Waals surface area contributed by atoms with Crippen LogP contribution < -0.4 is 0 Å². The lowest BCUT2D eigenvalue weighted by Crippen LogP contribution is -2.38. The molecule has 2 fully saturated rings. The van der Waals surface area contributed by atoms with E-state index in [1.54, 1.807) is 31.0 Å². The Morgan fingerprint density at radius 2 is 1.68 bits per heavy atom. The largest absolute Gasteiger partial charge is 0.466 e. The molecule has 0 N–H and O–H groups in total. The Balaban J connectivity index is 1.68. The lowest BCUT2D eigenvalue weighted by Gasteiger charge is -2.30. The van der Waals surface area contributed by atoms with Gasteiger partial charge in [-0.15, -0.1) is 0 Å². The third-order valence-electron chi connectivity index (χ3n) is 6.22. The molecule has 0 aromatic heterocycles. The summed E-state index contributed by atoms with van der Waals surface area (Å²) < 4.78 is 32.5. The Morgan fingerprint density at radius 1 is 1.03 bits per heavy atom. The molecule has 0 saturated heterocycles. The predicted octanol–water partition coefficient (Wildman–Crippen LogP) is 3.45. The van der Waals surface area contributed by atoms with E-state index in [0.717, 1.165) is 44.9 Å². The topological polar surface area (TPSA) is 84.0 Å². The highest BCUT2D eigenvalue weighted by atomic mass is 32.2. The smallest absolute Gasteiger partial charge is 0.307 e. The zero-order valence-corrected chi connectivity index (χ0v) is 19.4. The number of benzene rings is 1. The number of carbonyl (C=O) groups excluding carboxylic acids is 2. The standard InChI is InChI=1S/C23H34N2O5S/c1-3-30-22(26)15-16-25(17-18-9-10-18)23(27)19-11-13-21(14-12-19)31(28,29)24(2)20-7-5-4-6-8-20/h11-14,18,20H,3-10,15-17H2,1-2H3. The van der Waals surface area contributed by atoms with Crippen LogP contribution in [0.25, 0.3) is 0 Å². The SMILES string of the molecule is CCOC(=O)CCN(CC1CC1)C(=O)c1ccc(S(=O)(=O)N(C)C2CCCCC2)cc1.